The van der Waals surface area contributed by atoms with Crippen LogP contribution in [0.25, 0.3) is 0 Å². The highest BCUT2D eigenvalue weighted by Gasteiger charge is 2.27. The summed E-state index contributed by atoms with van der Waals surface area (Å²) in [6.45, 7) is 2.21. The molecule has 2 aliphatic rings. The second-order valence-electron chi connectivity index (χ2n) is 6.98. The standard InChI is InChI=1S/C17H24FN3O3S/c1-25(23,24)20-16-5-4-13(18)10-15(16)17(22)21-8-6-14(7-9-21)19-11-12-2-3-12/h4-5,10,12,14,19-20H,2-3,6-9,11H2,1H3. The van der Waals surface area contributed by atoms with Gasteiger partial charge in [-0.25, -0.2) is 12.8 Å². The Balaban J connectivity index is 1.65. The Morgan fingerprint density at radius 2 is 1.92 bits per heavy atom. The Bertz CT molecular complexity index is 742. The Kier molecular flexibility index (Phi) is 5.29. The first-order chi connectivity index (χ1) is 11.8. The van der Waals surface area contributed by atoms with Crippen LogP contribution in [0.1, 0.15) is 36.0 Å². The lowest BCUT2D eigenvalue weighted by atomic mass is 10.0. The van der Waals surface area contributed by atoms with E-state index in [0.29, 0.717) is 19.1 Å². The molecule has 2 fully saturated rings. The topological polar surface area (TPSA) is 78.5 Å². The highest BCUT2D eigenvalue weighted by atomic mass is 32.2. The fourth-order valence-corrected chi connectivity index (χ4v) is 3.67. The first kappa shape index (κ1) is 18.1. The Morgan fingerprint density at radius 1 is 1.24 bits per heavy atom. The molecule has 0 spiro atoms. The van der Waals surface area contributed by atoms with Crippen LogP contribution in [0.5, 0.6) is 0 Å². The number of carbonyl (C=O) groups is 1. The second kappa shape index (κ2) is 7.29. The number of hydrogen-bond acceptors (Lipinski definition) is 4. The molecule has 2 N–H and O–H groups in total. The van der Waals surface area contributed by atoms with Crippen molar-refractivity contribution in [1.82, 2.24) is 10.2 Å². The van der Waals surface area contributed by atoms with Crippen LogP contribution in [0.4, 0.5) is 10.1 Å². The van der Waals surface area contributed by atoms with Crippen LogP contribution in [-0.4, -0.2) is 51.2 Å². The van der Waals surface area contributed by atoms with Gasteiger partial charge in [0.2, 0.25) is 10.0 Å². The summed E-state index contributed by atoms with van der Waals surface area (Å²) in [5.74, 6) is -0.0914. The van der Waals surface area contributed by atoms with E-state index in [4.69, 9.17) is 0 Å². The maximum absolute atomic E-state index is 13.6. The maximum atomic E-state index is 13.6. The molecular weight excluding hydrogens is 345 g/mol. The van der Waals surface area contributed by atoms with Gasteiger partial charge in [-0.2, -0.15) is 0 Å². The molecule has 1 aliphatic carbocycles. The summed E-state index contributed by atoms with van der Waals surface area (Å²) in [5, 5.41) is 3.54. The van der Waals surface area contributed by atoms with Gasteiger partial charge in [0.15, 0.2) is 0 Å². The van der Waals surface area contributed by atoms with E-state index in [1.165, 1.54) is 18.9 Å². The third-order valence-electron chi connectivity index (χ3n) is 4.68. The van der Waals surface area contributed by atoms with Gasteiger partial charge in [-0.05, 0) is 56.3 Å². The van der Waals surface area contributed by atoms with Crippen molar-refractivity contribution < 1.29 is 17.6 Å². The SMILES string of the molecule is CS(=O)(=O)Nc1ccc(F)cc1C(=O)N1CCC(NCC2CC2)CC1. The van der Waals surface area contributed by atoms with Gasteiger partial charge in [-0.3, -0.25) is 9.52 Å². The molecule has 0 atom stereocenters. The number of piperidine rings is 1. The summed E-state index contributed by atoms with van der Waals surface area (Å²) < 4.78 is 38.8. The van der Waals surface area contributed by atoms with Crippen molar-refractivity contribution in [3.8, 4) is 0 Å². The van der Waals surface area contributed by atoms with Gasteiger partial charge < -0.3 is 10.2 Å². The van der Waals surface area contributed by atoms with Crippen LogP contribution in [0, 0.1) is 11.7 Å². The van der Waals surface area contributed by atoms with Gasteiger partial charge in [-0.15, -0.1) is 0 Å². The molecule has 1 aromatic carbocycles. The van der Waals surface area contributed by atoms with Crippen LogP contribution >= 0.6 is 0 Å². The number of likely N-dealkylation sites (tertiary alicyclic amines) is 1. The molecule has 0 aromatic heterocycles. The van der Waals surface area contributed by atoms with E-state index in [0.717, 1.165) is 43.7 Å². The monoisotopic (exact) mass is 369 g/mol. The number of halogens is 1. The van der Waals surface area contributed by atoms with Crippen molar-refractivity contribution in [3.63, 3.8) is 0 Å². The van der Waals surface area contributed by atoms with Crippen LogP contribution in [-0.2, 0) is 10.0 Å². The lowest BCUT2D eigenvalue weighted by molar-refractivity contribution is 0.0705. The highest BCUT2D eigenvalue weighted by Crippen LogP contribution is 2.28. The van der Waals surface area contributed by atoms with E-state index >= 15 is 0 Å². The number of anilines is 1. The van der Waals surface area contributed by atoms with Gasteiger partial charge in [0.05, 0.1) is 17.5 Å². The largest absolute Gasteiger partial charge is 0.338 e. The molecule has 8 heteroatoms. The lowest BCUT2D eigenvalue weighted by Crippen LogP contribution is -2.45. The number of nitrogens with zero attached hydrogens (tertiary/aromatic N) is 1. The number of benzene rings is 1. The van der Waals surface area contributed by atoms with Gasteiger partial charge in [0, 0.05) is 19.1 Å². The van der Waals surface area contributed by atoms with Gasteiger partial charge in [0.25, 0.3) is 5.91 Å². The quantitative estimate of drug-likeness (QED) is 0.802. The van der Waals surface area contributed by atoms with Crippen LogP contribution in [0.2, 0.25) is 0 Å². The third kappa shape index (κ3) is 5.15. The Labute approximate surface area is 147 Å². The van der Waals surface area contributed by atoms with Crippen LogP contribution in [0.15, 0.2) is 18.2 Å². The van der Waals surface area contributed by atoms with Crippen molar-refractivity contribution in [2.24, 2.45) is 5.92 Å². The molecule has 25 heavy (non-hydrogen) atoms. The van der Waals surface area contributed by atoms with Crippen LogP contribution < -0.4 is 10.0 Å². The zero-order valence-electron chi connectivity index (χ0n) is 14.3. The highest BCUT2D eigenvalue weighted by molar-refractivity contribution is 7.92. The zero-order chi connectivity index (χ0) is 18.0. The van der Waals surface area contributed by atoms with Gasteiger partial charge >= 0.3 is 0 Å². The van der Waals surface area contributed by atoms with Crippen molar-refractivity contribution >= 4 is 21.6 Å². The van der Waals surface area contributed by atoms with E-state index < -0.39 is 15.8 Å². The van der Waals surface area contributed by atoms with Crippen LogP contribution in [0.3, 0.4) is 0 Å². The minimum absolute atomic E-state index is 0.0508. The van der Waals surface area contributed by atoms with Crippen molar-refractivity contribution in [1.29, 1.82) is 0 Å². The second-order valence-corrected chi connectivity index (χ2v) is 8.73. The van der Waals surface area contributed by atoms with Crippen molar-refractivity contribution in [3.05, 3.63) is 29.6 Å². The smallest absolute Gasteiger partial charge is 0.256 e. The van der Waals surface area contributed by atoms with E-state index in [1.807, 2.05) is 0 Å². The Morgan fingerprint density at radius 3 is 2.52 bits per heavy atom. The zero-order valence-corrected chi connectivity index (χ0v) is 15.1. The van der Waals surface area contributed by atoms with E-state index in [9.17, 15) is 17.6 Å². The molecule has 0 unspecified atom stereocenters. The first-order valence-corrected chi connectivity index (χ1v) is 10.5. The minimum Gasteiger partial charge on any atom is -0.338 e. The maximum Gasteiger partial charge on any atom is 0.256 e. The molecule has 1 heterocycles. The predicted octanol–water partition coefficient (Wildman–Crippen LogP) is 1.80. The van der Waals surface area contributed by atoms with E-state index in [2.05, 4.69) is 10.0 Å². The Hall–Kier alpha value is -1.67. The predicted molar refractivity (Wildman–Crippen MR) is 94.5 cm³/mol. The molecule has 6 nitrogen and oxygen atoms in total. The van der Waals surface area contributed by atoms with Gasteiger partial charge in [-0.1, -0.05) is 0 Å². The number of carbonyl (C=O) groups excluding carboxylic acids is 1. The summed E-state index contributed by atoms with van der Waals surface area (Å²) in [6.07, 6.45) is 5.31. The fraction of sp³-hybridized carbons (Fsp3) is 0.588. The summed E-state index contributed by atoms with van der Waals surface area (Å²) in [7, 11) is -3.55. The molecule has 1 aliphatic heterocycles. The average Bonchev–Trinajstić information content (AvgIpc) is 3.37. The molecule has 1 aromatic rings. The van der Waals surface area contributed by atoms with Crippen molar-refractivity contribution in [2.45, 2.75) is 31.7 Å². The molecular formula is C17H24FN3O3S. The number of rotatable bonds is 6. The molecule has 138 valence electrons. The molecule has 3 rings (SSSR count). The summed E-state index contributed by atoms with van der Waals surface area (Å²) >= 11 is 0. The molecule has 0 radical (unpaired) electrons. The van der Waals surface area contributed by atoms with Gasteiger partial charge in [0.1, 0.15) is 5.82 Å². The first-order valence-electron chi connectivity index (χ1n) is 8.62. The summed E-state index contributed by atoms with van der Waals surface area (Å²) in [5.41, 5.74) is 0.165. The number of sulfonamides is 1. The summed E-state index contributed by atoms with van der Waals surface area (Å²) in [4.78, 5) is 14.4. The lowest BCUT2D eigenvalue weighted by Gasteiger charge is -2.33. The summed E-state index contributed by atoms with van der Waals surface area (Å²) in [6, 6.07) is 3.92. The fourth-order valence-electron chi connectivity index (χ4n) is 3.09. The van der Waals surface area contributed by atoms with Crippen molar-refractivity contribution in [2.75, 3.05) is 30.6 Å². The number of nitrogens with one attached hydrogen (secondary N) is 2. The number of hydrogen-bond donors (Lipinski definition) is 2. The normalized spacial score (nSPS) is 19.0. The average molecular weight is 369 g/mol. The third-order valence-corrected chi connectivity index (χ3v) is 5.27. The minimum atomic E-state index is -3.55. The molecule has 1 saturated carbocycles. The molecule has 1 amide bonds. The molecule has 0 bridgehead atoms. The van der Waals surface area contributed by atoms with E-state index in [1.54, 1.807) is 4.90 Å². The molecule has 1 saturated heterocycles. The number of amides is 1. The van der Waals surface area contributed by atoms with E-state index in [-0.39, 0.29) is 17.2 Å².